The lowest BCUT2D eigenvalue weighted by molar-refractivity contribution is 0.0995. The molecule has 1 amide bonds. The van der Waals surface area contributed by atoms with Crippen LogP contribution in [0, 0.1) is 6.92 Å². The van der Waals surface area contributed by atoms with Gasteiger partial charge in [0.1, 0.15) is 0 Å². The number of amides is 1. The van der Waals surface area contributed by atoms with Crippen molar-refractivity contribution in [2.24, 2.45) is 0 Å². The van der Waals surface area contributed by atoms with Gasteiger partial charge in [0.15, 0.2) is 5.78 Å². The molecule has 0 saturated heterocycles. The van der Waals surface area contributed by atoms with E-state index in [4.69, 9.17) is 0 Å². The van der Waals surface area contributed by atoms with Gasteiger partial charge in [-0.2, -0.15) is 0 Å². The second-order valence-corrected chi connectivity index (χ2v) is 7.80. The quantitative estimate of drug-likeness (QED) is 0.213. The van der Waals surface area contributed by atoms with Crippen LogP contribution in [-0.4, -0.2) is 18.7 Å². The molecule has 134 valence electrons. The lowest BCUT2D eigenvalue weighted by Crippen LogP contribution is -2.20. The molecule has 0 spiro atoms. The smallest absolute Gasteiger partial charge is 0.258 e. The second-order valence-electron chi connectivity index (χ2n) is 7.80. The first-order valence-corrected chi connectivity index (χ1v) is 9.45. The van der Waals surface area contributed by atoms with Gasteiger partial charge in [0.05, 0.1) is 5.69 Å². The Kier molecular flexibility index (Phi) is 2.71. The summed E-state index contributed by atoms with van der Waals surface area (Å²) in [6.45, 7) is 3.69. The summed E-state index contributed by atoms with van der Waals surface area (Å²) in [6, 6.07) is 16.4. The molecule has 0 atom stereocenters. The number of aryl methyl sites for hydroxylation is 1. The van der Waals surface area contributed by atoms with Gasteiger partial charge in [-0.05, 0) is 63.9 Å². The average molecular weight is 363 g/mol. The van der Waals surface area contributed by atoms with E-state index in [1.165, 1.54) is 0 Å². The Morgan fingerprint density at radius 2 is 1.32 bits per heavy atom. The first-order chi connectivity index (χ1) is 13.5. The van der Waals surface area contributed by atoms with E-state index in [0.717, 1.165) is 65.5 Å². The van der Waals surface area contributed by atoms with Gasteiger partial charge >= 0.3 is 0 Å². The Labute approximate surface area is 161 Å². The standard InChI is InChI=1S/C25H17NO2/c1-12-4-5-15-17-8-9-19-24-20(26(3)25(19)28)11-10-18(23(17)24)16-7-6-14(13(2)27)21(12)22(15)16/h4-11H,1-3H3. The Balaban J connectivity index is 1.98. The number of Topliss-reactive ketones (excluding diaryl/α,β-unsaturated/α-hetero) is 1. The summed E-state index contributed by atoms with van der Waals surface area (Å²) in [5.41, 5.74) is 3.61. The Morgan fingerprint density at radius 1 is 0.750 bits per heavy atom. The van der Waals surface area contributed by atoms with Crippen molar-refractivity contribution < 1.29 is 9.59 Å². The summed E-state index contributed by atoms with van der Waals surface area (Å²) in [5.74, 6) is 0.129. The lowest BCUT2D eigenvalue weighted by atomic mass is 9.85. The fourth-order valence-corrected chi connectivity index (χ4v) is 5.08. The van der Waals surface area contributed by atoms with E-state index in [1.807, 2.05) is 25.2 Å². The number of hydrogen-bond acceptors (Lipinski definition) is 2. The van der Waals surface area contributed by atoms with Crippen LogP contribution in [0.15, 0.2) is 48.5 Å². The van der Waals surface area contributed by atoms with E-state index in [2.05, 4.69) is 37.3 Å². The maximum atomic E-state index is 12.7. The molecule has 5 aromatic rings. The fourth-order valence-electron chi connectivity index (χ4n) is 5.08. The zero-order valence-corrected chi connectivity index (χ0v) is 15.9. The van der Waals surface area contributed by atoms with Gasteiger partial charge in [-0.15, -0.1) is 0 Å². The van der Waals surface area contributed by atoms with Crippen molar-refractivity contribution in [2.45, 2.75) is 13.8 Å². The zero-order valence-electron chi connectivity index (χ0n) is 15.9. The monoisotopic (exact) mass is 363 g/mol. The molecule has 6 rings (SSSR count). The third-order valence-corrected chi connectivity index (χ3v) is 6.36. The average Bonchev–Trinajstić information content (AvgIpc) is 2.95. The van der Waals surface area contributed by atoms with Crippen LogP contribution >= 0.6 is 0 Å². The highest BCUT2D eigenvalue weighted by atomic mass is 16.2. The van der Waals surface area contributed by atoms with Crippen molar-refractivity contribution in [3.63, 3.8) is 0 Å². The molecule has 5 aromatic carbocycles. The molecular weight excluding hydrogens is 346 g/mol. The van der Waals surface area contributed by atoms with Crippen molar-refractivity contribution in [1.82, 2.24) is 0 Å². The molecule has 1 heterocycles. The van der Waals surface area contributed by atoms with Gasteiger partial charge in [0, 0.05) is 28.9 Å². The van der Waals surface area contributed by atoms with Gasteiger partial charge in [0.2, 0.25) is 0 Å². The lowest BCUT2D eigenvalue weighted by Gasteiger charge is -2.18. The summed E-state index contributed by atoms with van der Waals surface area (Å²) < 4.78 is 0. The highest BCUT2D eigenvalue weighted by Gasteiger charge is 2.29. The van der Waals surface area contributed by atoms with E-state index >= 15 is 0 Å². The second kappa shape index (κ2) is 4.87. The largest absolute Gasteiger partial charge is 0.311 e. The molecule has 1 aliphatic heterocycles. The van der Waals surface area contributed by atoms with Crippen LogP contribution < -0.4 is 4.90 Å². The minimum atomic E-state index is 0.0467. The van der Waals surface area contributed by atoms with Gasteiger partial charge in [-0.25, -0.2) is 0 Å². The first kappa shape index (κ1) is 15.6. The first-order valence-electron chi connectivity index (χ1n) is 9.45. The van der Waals surface area contributed by atoms with Gasteiger partial charge in [-0.3, -0.25) is 9.59 Å². The number of benzene rings is 5. The van der Waals surface area contributed by atoms with Crippen molar-refractivity contribution in [2.75, 3.05) is 11.9 Å². The molecule has 28 heavy (non-hydrogen) atoms. The van der Waals surface area contributed by atoms with E-state index in [0.29, 0.717) is 0 Å². The number of rotatable bonds is 1. The van der Waals surface area contributed by atoms with Crippen LogP contribution in [-0.2, 0) is 0 Å². The summed E-state index contributed by atoms with van der Waals surface area (Å²) in [6.07, 6.45) is 0. The number of carbonyl (C=O) groups excluding carboxylic acids is 2. The molecule has 0 aliphatic carbocycles. The van der Waals surface area contributed by atoms with E-state index < -0.39 is 0 Å². The normalized spacial score (nSPS) is 13.7. The van der Waals surface area contributed by atoms with Crippen LogP contribution in [0.4, 0.5) is 5.69 Å². The van der Waals surface area contributed by atoms with Crippen LogP contribution in [0.1, 0.15) is 33.2 Å². The molecule has 0 unspecified atom stereocenters. The summed E-state index contributed by atoms with van der Waals surface area (Å²) >= 11 is 0. The highest BCUT2D eigenvalue weighted by Crippen LogP contribution is 2.47. The van der Waals surface area contributed by atoms with Crippen molar-refractivity contribution >= 4 is 60.5 Å². The summed E-state index contributed by atoms with van der Waals surface area (Å²) in [4.78, 5) is 26.7. The molecular formula is C25H17NO2. The van der Waals surface area contributed by atoms with Crippen LogP contribution in [0.3, 0.4) is 0 Å². The Bertz CT molecular complexity index is 1480. The molecule has 0 fully saturated rings. The number of fused-ring (bicyclic) bond motifs is 2. The van der Waals surface area contributed by atoms with Crippen LogP contribution in [0.25, 0.3) is 43.1 Å². The predicted molar refractivity (Wildman–Crippen MR) is 115 cm³/mol. The minimum absolute atomic E-state index is 0.0467. The van der Waals surface area contributed by atoms with Gasteiger partial charge < -0.3 is 4.90 Å². The number of carbonyl (C=O) groups is 2. The Morgan fingerprint density at radius 3 is 2.00 bits per heavy atom. The maximum Gasteiger partial charge on any atom is 0.258 e. The third-order valence-electron chi connectivity index (χ3n) is 6.36. The number of ketones is 1. The van der Waals surface area contributed by atoms with Crippen LogP contribution in [0.2, 0.25) is 0 Å². The number of hydrogen-bond donors (Lipinski definition) is 0. The van der Waals surface area contributed by atoms with E-state index in [9.17, 15) is 9.59 Å². The molecule has 3 nitrogen and oxygen atoms in total. The highest BCUT2D eigenvalue weighted by molar-refractivity contribution is 6.39. The van der Waals surface area contributed by atoms with Crippen molar-refractivity contribution in [3.8, 4) is 0 Å². The zero-order chi connectivity index (χ0) is 19.3. The molecule has 1 aliphatic rings. The van der Waals surface area contributed by atoms with Gasteiger partial charge in [-0.1, -0.05) is 36.4 Å². The van der Waals surface area contributed by atoms with E-state index in [-0.39, 0.29) is 11.7 Å². The predicted octanol–water partition coefficient (Wildman–Crippen LogP) is 5.84. The Hall–Kier alpha value is -3.46. The maximum absolute atomic E-state index is 12.7. The molecule has 0 saturated carbocycles. The minimum Gasteiger partial charge on any atom is -0.311 e. The molecule has 0 radical (unpaired) electrons. The van der Waals surface area contributed by atoms with Crippen molar-refractivity contribution in [3.05, 3.63) is 65.2 Å². The summed E-state index contributed by atoms with van der Waals surface area (Å²) in [5, 5.41) is 8.90. The van der Waals surface area contributed by atoms with Crippen molar-refractivity contribution in [1.29, 1.82) is 0 Å². The third kappa shape index (κ3) is 1.61. The summed E-state index contributed by atoms with van der Waals surface area (Å²) in [7, 11) is 1.83. The molecule has 0 N–H and O–H groups in total. The fraction of sp³-hybridized carbons (Fsp3) is 0.120. The van der Waals surface area contributed by atoms with Gasteiger partial charge in [0.25, 0.3) is 5.91 Å². The number of anilines is 1. The van der Waals surface area contributed by atoms with E-state index in [1.54, 1.807) is 11.8 Å². The molecule has 3 heteroatoms. The number of nitrogens with zero attached hydrogens (tertiary/aromatic N) is 1. The topological polar surface area (TPSA) is 37.4 Å². The molecule has 0 bridgehead atoms. The molecule has 0 aromatic heterocycles. The van der Waals surface area contributed by atoms with Crippen LogP contribution in [0.5, 0.6) is 0 Å². The SMILES string of the molecule is CC(=O)c1ccc2c3ccc4c5c(ccc(c6ccc(C)c1c62)c53)C(=O)N4C.